The molecule has 0 spiro atoms. The highest BCUT2D eigenvalue weighted by molar-refractivity contribution is 8.13. The van der Waals surface area contributed by atoms with E-state index in [-0.39, 0.29) is 0 Å². The summed E-state index contributed by atoms with van der Waals surface area (Å²) in [5.74, 6) is 0.839. The first-order chi connectivity index (χ1) is 21.7. The Hall–Kier alpha value is -2.76. The maximum Gasteiger partial charge on any atom is 0.165 e. The molecule has 0 amide bonds. The van der Waals surface area contributed by atoms with E-state index in [1.807, 2.05) is 18.2 Å². The standard InChI is InChI=1S/C40H50Cl2N3S/c1-28-15-29(2)19-34(18-28)25-44(13-9-10-14-45(7,8)26-35-20-30(3)16-31(4)21-35)40(43-37-11-12-38(41)39(42)24-37)46-27-36-22-32(5)17-33(6)23-36/h11-12,15-24H,9-10,13-14,25-27H2,1-8H3/q+1/b43-40-. The lowest BCUT2D eigenvalue weighted by molar-refractivity contribution is -0.903. The summed E-state index contributed by atoms with van der Waals surface area (Å²) in [5.41, 5.74) is 12.6. The topological polar surface area (TPSA) is 15.6 Å². The van der Waals surface area contributed by atoms with Crippen LogP contribution in [0.5, 0.6) is 0 Å². The van der Waals surface area contributed by atoms with E-state index in [1.54, 1.807) is 11.8 Å². The van der Waals surface area contributed by atoms with Crippen molar-refractivity contribution in [1.82, 2.24) is 4.90 Å². The molecular weight excluding hydrogens is 625 g/mol. The predicted octanol–water partition coefficient (Wildman–Crippen LogP) is 11.3. The van der Waals surface area contributed by atoms with Crippen molar-refractivity contribution < 1.29 is 4.48 Å². The Morgan fingerprint density at radius 3 is 1.72 bits per heavy atom. The van der Waals surface area contributed by atoms with Crippen molar-refractivity contribution in [1.29, 1.82) is 0 Å². The van der Waals surface area contributed by atoms with Gasteiger partial charge < -0.3 is 9.38 Å². The van der Waals surface area contributed by atoms with Crippen molar-refractivity contribution in [3.8, 4) is 0 Å². The van der Waals surface area contributed by atoms with Gasteiger partial charge in [-0.3, -0.25) is 0 Å². The van der Waals surface area contributed by atoms with Crippen LogP contribution in [0.3, 0.4) is 0 Å². The van der Waals surface area contributed by atoms with Gasteiger partial charge in [-0.25, -0.2) is 4.99 Å². The summed E-state index contributed by atoms with van der Waals surface area (Å²) < 4.78 is 0.964. The van der Waals surface area contributed by atoms with Crippen molar-refractivity contribution in [3.05, 3.63) is 133 Å². The van der Waals surface area contributed by atoms with Crippen LogP contribution in [0, 0.1) is 41.5 Å². The van der Waals surface area contributed by atoms with Gasteiger partial charge >= 0.3 is 0 Å². The van der Waals surface area contributed by atoms with Gasteiger partial charge in [0.05, 0.1) is 36.4 Å². The van der Waals surface area contributed by atoms with Gasteiger partial charge in [-0.1, -0.05) is 123 Å². The van der Waals surface area contributed by atoms with Crippen LogP contribution in [0.4, 0.5) is 5.69 Å². The van der Waals surface area contributed by atoms with E-state index in [0.29, 0.717) is 10.0 Å². The molecule has 0 saturated carbocycles. The Kier molecular flexibility index (Phi) is 12.8. The molecule has 0 unspecified atom stereocenters. The fourth-order valence-electron chi connectivity index (χ4n) is 6.36. The number of aliphatic imine (C=N–C) groups is 1. The first kappa shape index (κ1) is 36.1. The number of quaternary nitrogens is 1. The van der Waals surface area contributed by atoms with Gasteiger partial charge in [-0.15, -0.1) is 0 Å². The highest BCUT2D eigenvalue weighted by Gasteiger charge is 2.19. The molecule has 46 heavy (non-hydrogen) atoms. The third-order valence-corrected chi connectivity index (χ3v) is 9.86. The van der Waals surface area contributed by atoms with E-state index < -0.39 is 0 Å². The molecule has 6 heteroatoms. The quantitative estimate of drug-likeness (QED) is 0.0643. The molecule has 4 aromatic carbocycles. The number of nitrogens with zero attached hydrogens (tertiary/aromatic N) is 3. The van der Waals surface area contributed by atoms with Gasteiger partial charge in [-0.05, 0) is 83.7 Å². The molecule has 3 nitrogen and oxygen atoms in total. The van der Waals surface area contributed by atoms with Crippen molar-refractivity contribution in [2.24, 2.45) is 4.99 Å². The lowest BCUT2D eigenvalue weighted by Gasteiger charge is -2.31. The molecule has 244 valence electrons. The van der Waals surface area contributed by atoms with E-state index in [2.05, 4.69) is 115 Å². The Labute approximate surface area is 292 Å². The number of hydrogen-bond acceptors (Lipinski definition) is 2. The molecule has 4 aromatic rings. The van der Waals surface area contributed by atoms with Crippen LogP contribution < -0.4 is 0 Å². The number of halogens is 2. The second kappa shape index (κ2) is 16.4. The van der Waals surface area contributed by atoms with E-state index in [1.165, 1.54) is 50.1 Å². The Morgan fingerprint density at radius 2 is 1.17 bits per heavy atom. The largest absolute Gasteiger partial charge is 0.347 e. The number of benzene rings is 4. The van der Waals surface area contributed by atoms with E-state index in [4.69, 9.17) is 28.2 Å². The normalized spacial score (nSPS) is 12.1. The molecule has 0 saturated heterocycles. The van der Waals surface area contributed by atoms with Crippen molar-refractivity contribution in [2.75, 3.05) is 27.2 Å². The monoisotopic (exact) mass is 674 g/mol. The third kappa shape index (κ3) is 11.5. The van der Waals surface area contributed by atoms with Crippen LogP contribution in [-0.4, -0.2) is 41.7 Å². The number of thioether (sulfide) groups is 1. The van der Waals surface area contributed by atoms with Crippen LogP contribution in [0.25, 0.3) is 0 Å². The summed E-state index contributed by atoms with van der Waals surface area (Å²) in [4.78, 5) is 7.69. The van der Waals surface area contributed by atoms with Crippen LogP contribution >= 0.6 is 35.0 Å². The molecule has 0 atom stereocenters. The summed E-state index contributed by atoms with van der Waals surface area (Å²) in [6.07, 6.45) is 2.20. The molecule has 0 aromatic heterocycles. The van der Waals surface area contributed by atoms with Crippen LogP contribution in [0.2, 0.25) is 10.0 Å². The molecule has 0 bridgehead atoms. The summed E-state index contributed by atoms with van der Waals surface area (Å²) in [6, 6.07) is 26.2. The minimum Gasteiger partial charge on any atom is -0.347 e. The molecule has 0 fully saturated rings. The van der Waals surface area contributed by atoms with E-state index >= 15 is 0 Å². The van der Waals surface area contributed by atoms with Gasteiger partial charge in [0.15, 0.2) is 5.17 Å². The van der Waals surface area contributed by atoms with Crippen molar-refractivity contribution in [2.45, 2.75) is 73.2 Å². The lowest BCUT2D eigenvalue weighted by atomic mass is 10.1. The minimum absolute atomic E-state index is 0.520. The molecule has 0 radical (unpaired) electrons. The summed E-state index contributed by atoms with van der Waals surface area (Å²) in [6.45, 7) is 16.9. The molecular formula is C40H50Cl2N3S+. The maximum atomic E-state index is 6.45. The zero-order chi connectivity index (χ0) is 33.4. The van der Waals surface area contributed by atoms with Crippen LogP contribution in [-0.2, 0) is 18.8 Å². The lowest BCUT2D eigenvalue weighted by Crippen LogP contribution is -2.40. The first-order valence-corrected chi connectivity index (χ1v) is 17.9. The second-order valence-corrected chi connectivity index (χ2v) is 15.5. The predicted molar refractivity (Wildman–Crippen MR) is 203 cm³/mol. The minimum atomic E-state index is 0.520. The number of rotatable bonds is 12. The summed E-state index contributed by atoms with van der Waals surface area (Å²) >= 11 is 14.5. The summed E-state index contributed by atoms with van der Waals surface area (Å²) in [7, 11) is 4.70. The third-order valence-electron chi connectivity index (χ3n) is 8.04. The molecule has 0 N–H and O–H groups in total. The molecule has 0 aliphatic carbocycles. The van der Waals surface area contributed by atoms with Gasteiger partial charge in [0.2, 0.25) is 0 Å². The van der Waals surface area contributed by atoms with Crippen LogP contribution in [0.1, 0.15) is 62.9 Å². The Balaban J connectivity index is 1.58. The molecule has 0 aliphatic rings. The van der Waals surface area contributed by atoms with Crippen LogP contribution in [0.15, 0.2) is 77.8 Å². The van der Waals surface area contributed by atoms with Gasteiger partial charge in [0, 0.05) is 24.4 Å². The fourth-order valence-corrected chi connectivity index (χ4v) is 7.62. The maximum absolute atomic E-state index is 6.45. The number of hydrogen-bond donors (Lipinski definition) is 0. The molecule has 4 rings (SSSR count). The van der Waals surface area contributed by atoms with Gasteiger partial charge in [-0.2, -0.15) is 0 Å². The van der Waals surface area contributed by atoms with E-state index in [0.717, 1.165) is 60.1 Å². The van der Waals surface area contributed by atoms with E-state index in [9.17, 15) is 0 Å². The van der Waals surface area contributed by atoms with Gasteiger partial charge in [0.25, 0.3) is 0 Å². The highest BCUT2D eigenvalue weighted by atomic mass is 35.5. The average molecular weight is 676 g/mol. The zero-order valence-corrected chi connectivity index (χ0v) is 31.2. The number of amidine groups is 1. The Morgan fingerprint density at radius 1 is 0.652 bits per heavy atom. The van der Waals surface area contributed by atoms with Gasteiger partial charge in [0.1, 0.15) is 6.54 Å². The van der Waals surface area contributed by atoms with Crippen molar-refractivity contribution in [3.63, 3.8) is 0 Å². The molecule has 0 aliphatic heterocycles. The number of unbranched alkanes of at least 4 members (excludes halogenated alkanes) is 1. The zero-order valence-electron chi connectivity index (χ0n) is 28.9. The summed E-state index contributed by atoms with van der Waals surface area (Å²) in [5, 5.41) is 2.06. The van der Waals surface area contributed by atoms with Crippen molar-refractivity contribution >= 4 is 45.8 Å². The average Bonchev–Trinajstić information content (AvgIpc) is 2.93. The number of aryl methyl sites for hydroxylation is 6. The molecule has 0 heterocycles. The Bertz CT molecular complexity index is 1620. The highest BCUT2D eigenvalue weighted by Crippen LogP contribution is 2.30. The first-order valence-electron chi connectivity index (χ1n) is 16.2. The fraction of sp³-hybridized carbons (Fsp3) is 0.375. The SMILES string of the molecule is Cc1cc(C)cc(CS/C(=N\c2ccc(Cl)c(Cl)c2)N(CCCC[N+](C)(C)Cc2cc(C)cc(C)c2)Cc2cc(C)cc(C)c2)c1. The smallest absolute Gasteiger partial charge is 0.165 e. The second-order valence-electron chi connectivity index (χ2n) is 13.7.